The topological polar surface area (TPSA) is 105 Å². The minimum absolute atomic E-state index is 0.264. The average molecular weight is 405 g/mol. The standard InChI is InChI=1S/C21H17ClN6O/c22-16-10-4-3-9-15(16)21(29)28-27-20-18(23)19(24-12-25-20)26-17-11-5-7-13-6-1-2-8-14(13)17/h1-12H,23H2,(H,28,29)(H2,24,25,26,27). The van der Waals surface area contributed by atoms with Crippen LogP contribution in [-0.2, 0) is 0 Å². The number of hydrogen-bond acceptors (Lipinski definition) is 6. The fraction of sp³-hybridized carbons (Fsp3) is 0. The molecule has 5 N–H and O–H groups in total. The van der Waals surface area contributed by atoms with Crippen LogP contribution in [0.4, 0.5) is 23.0 Å². The van der Waals surface area contributed by atoms with Gasteiger partial charge < -0.3 is 11.1 Å². The first kappa shape index (κ1) is 18.5. The fourth-order valence-corrected chi connectivity index (χ4v) is 3.11. The molecule has 0 saturated heterocycles. The Hall–Kier alpha value is -3.84. The second-order valence-electron chi connectivity index (χ2n) is 6.20. The molecule has 8 heteroatoms. The van der Waals surface area contributed by atoms with Gasteiger partial charge in [-0.05, 0) is 23.6 Å². The highest BCUT2D eigenvalue weighted by Gasteiger charge is 2.13. The molecule has 0 aliphatic carbocycles. The van der Waals surface area contributed by atoms with Gasteiger partial charge in [0.2, 0.25) is 0 Å². The summed E-state index contributed by atoms with van der Waals surface area (Å²) >= 11 is 6.05. The van der Waals surface area contributed by atoms with Crippen LogP contribution < -0.4 is 21.9 Å². The van der Waals surface area contributed by atoms with Crippen LogP contribution in [0.3, 0.4) is 0 Å². The number of hydrogen-bond donors (Lipinski definition) is 4. The maximum atomic E-state index is 12.3. The van der Waals surface area contributed by atoms with Crippen molar-refractivity contribution in [3.8, 4) is 0 Å². The van der Waals surface area contributed by atoms with Gasteiger partial charge in [-0.25, -0.2) is 9.97 Å². The Labute approximate surface area is 171 Å². The molecule has 3 aromatic carbocycles. The summed E-state index contributed by atoms with van der Waals surface area (Å²) in [5.74, 6) is 0.283. The molecule has 0 aliphatic rings. The lowest BCUT2D eigenvalue weighted by molar-refractivity contribution is 0.0962. The Morgan fingerprint density at radius 3 is 2.48 bits per heavy atom. The van der Waals surface area contributed by atoms with E-state index in [4.69, 9.17) is 17.3 Å². The molecule has 144 valence electrons. The third-order valence-electron chi connectivity index (χ3n) is 4.34. The van der Waals surface area contributed by atoms with Gasteiger partial charge in [0, 0.05) is 11.1 Å². The van der Waals surface area contributed by atoms with Crippen molar-refractivity contribution in [1.82, 2.24) is 15.4 Å². The number of amides is 1. The average Bonchev–Trinajstić information content (AvgIpc) is 2.75. The molecule has 1 aromatic heterocycles. The van der Waals surface area contributed by atoms with Crippen LogP contribution in [0.15, 0.2) is 73.1 Å². The predicted molar refractivity (Wildman–Crippen MR) is 116 cm³/mol. The highest BCUT2D eigenvalue weighted by molar-refractivity contribution is 6.33. The number of carbonyl (C=O) groups is 1. The van der Waals surface area contributed by atoms with E-state index in [-0.39, 0.29) is 11.5 Å². The zero-order valence-corrected chi connectivity index (χ0v) is 15.9. The van der Waals surface area contributed by atoms with Crippen LogP contribution in [-0.4, -0.2) is 15.9 Å². The number of nitrogens with two attached hydrogens (primary N) is 1. The van der Waals surface area contributed by atoms with E-state index in [1.54, 1.807) is 24.3 Å². The van der Waals surface area contributed by atoms with Crippen molar-refractivity contribution in [3.05, 3.63) is 83.6 Å². The molecule has 0 spiro atoms. The molecule has 0 unspecified atom stereocenters. The van der Waals surface area contributed by atoms with Crippen molar-refractivity contribution >= 4 is 51.3 Å². The second kappa shape index (κ2) is 8.04. The molecule has 7 nitrogen and oxygen atoms in total. The molecule has 0 fully saturated rings. The number of fused-ring (bicyclic) bond motifs is 1. The Balaban J connectivity index is 1.55. The number of hydrazine groups is 1. The SMILES string of the molecule is Nc1c(NNC(=O)c2ccccc2Cl)ncnc1Nc1cccc2ccccc12. The van der Waals surface area contributed by atoms with Gasteiger partial charge in [-0.15, -0.1) is 0 Å². The first-order chi connectivity index (χ1) is 14.1. The van der Waals surface area contributed by atoms with Gasteiger partial charge in [0.05, 0.1) is 10.6 Å². The van der Waals surface area contributed by atoms with Crippen molar-refractivity contribution < 1.29 is 4.79 Å². The minimum atomic E-state index is -0.405. The highest BCUT2D eigenvalue weighted by atomic mass is 35.5. The number of nitrogen functional groups attached to an aromatic ring is 1. The van der Waals surface area contributed by atoms with Crippen LogP contribution in [0.5, 0.6) is 0 Å². The zero-order chi connectivity index (χ0) is 20.2. The van der Waals surface area contributed by atoms with Crippen molar-refractivity contribution in [2.75, 3.05) is 16.5 Å². The fourth-order valence-electron chi connectivity index (χ4n) is 2.89. The van der Waals surface area contributed by atoms with E-state index >= 15 is 0 Å². The summed E-state index contributed by atoms with van der Waals surface area (Å²) in [4.78, 5) is 20.6. The summed E-state index contributed by atoms with van der Waals surface area (Å²) in [7, 11) is 0. The van der Waals surface area contributed by atoms with Crippen LogP contribution in [0.1, 0.15) is 10.4 Å². The number of anilines is 4. The molecule has 4 rings (SSSR count). The molecule has 0 radical (unpaired) electrons. The van der Waals surface area contributed by atoms with Crippen LogP contribution in [0, 0.1) is 0 Å². The number of halogens is 1. The van der Waals surface area contributed by atoms with Gasteiger partial charge in [-0.2, -0.15) is 0 Å². The first-order valence-electron chi connectivity index (χ1n) is 8.79. The lowest BCUT2D eigenvalue weighted by atomic mass is 10.1. The van der Waals surface area contributed by atoms with Gasteiger partial charge in [-0.1, -0.05) is 60.1 Å². The van der Waals surface area contributed by atoms with Crippen molar-refractivity contribution in [2.24, 2.45) is 0 Å². The van der Waals surface area contributed by atoms with Crippen LogP contribution >= 0.6 is 11.6 Å². The number of nitrogens with one attached hydrogen (secondary N) is 3. The normalized spacial score (nSPS) is 10.5. The molecule has 0 atom stereocenters. The summed E-state index contributed by atoms with van der Waals surface area (Å²) in [6.07, 6.45) is 1.35. The molecular weight excluding hydrogens is 388 g/mol. The third kappa shape index (κ3) is 3.90. The Morgan fingerprint density at radius 2 is 1.62 bits per heavy atom. The summed E-state index contributed by atoms with van der Waals surface area (Å²) in [6, 6.07) is 20.6. The minimum Gasteiger partial charge on any atom is -0.393 e. The summed E-state index contributed by atoms with van der Waals surface area (Å²) < 4.78 is 0. The van der Waals surface area contributed by atoms with Gasteiger partial charge in [0.25, 0.3) is 5.91 Å². The zero-order valence-electron chi connectivity index (χ0n) is 15.2. The van der Waals surface area contributed by atoms with Crippen molar-refractivity contribution in [1.29, 1.82) is 0 Å². The number of aromatic nitrogens is 2. The molecule has 0 saturated carbocycles. The number of nitrogens with zero attached hydrogens (tertiary/aromatic N) is 2. The maximum absolute atomic E-state index is 12.3. The van der Waals surface area contributed by atoms with Gasteiger partial charge in [0.15, 0.2) is 11.6 Å². The van der Waals surface area contributed by atoms with Gasteiger partial charge >= 0.3 is 0 Å². The van der Waals surface area contributed by atoms with E-state index in [1.807, 2.05) is 42.5 Å². The molecular formula is C21H17ClN6O. The van der Waals surface area contributed by atoms with Crippen molar-refractivity contribution in [3.63, 3.8) is 0 Å². The lowest BCUT2D eigenvalue weighted by Gasteiger charge is -2.14. The van der Waals surface area contributed by atoms with E-state index < -0.39 is 5.91 Å². The molecule has 1 heterocycles. The lowest BCUT2D eigenvalue weighted by Crippen LogP contribution is -2.30. The highest BCUT2D eigenvalue weighted by Crippen LogP contribution is 2.29. The van der Waals surface area contributed by atoms with Crippen molar-refractivity contribution in [2.45, 2.75) is 0 Å². The Morgan fingerprint density at radius 1 is 0.897 bits per heavy atom. The summed E-state index contributed by atoms with van der Waals surface area (Å²) in [5, 5.41) is 5.71. The quantitative estimate of drug-likeness (QED) is 0.368. The smallest absolute Gasteiger partial charge is 0.271 e. The maximum Gasteiger partial charge on any atom is 0.271 e. The number of rotatable bonds is 5. The largest absolute Gasteiger partial charge is 0.393 e. The summed E-state index contributed by atoms with van der Waals surface area (Å²) in [6.45, 7) is 0. The Kier molecular flexibility index (Phi) is 5.13. The number of carbonyl (C=O) groups excluding carboxylic acids is 1. The Bertz CT molecular complexity index is 1190. The molecule has 29 heavy (non-hydrogen) atoms. The third-order valence-corrected chi connectivity index (χ3v) is 4.67. The first-order valence-corrected chi connectivity index (χ1v) is 9.17. The molecule has 4 aromatic rings. The van der Waals surface area contributed by atoms with E-state index in [0.29, 0.717) is 16.4 Å². The molecule has 0 aliphatic heterocycles. The van der Waals surface area contributed by atoms with E-state index in [2.05, 4.69) is 26.1 Å². The molecule has 1 amide bonds. The predicted octanol–water partition coefficient (Wildman–Crippen LogP) is 4.37. The second-order valence-corrected chi connectivity index (χ2v) is 6.60. The van der Waals surface area contributed by atoms with Crippen LogP contribution in [0.25, 0.3) is 10.8 Å². The van der Waals surface area contributed by atoms with E-state index in [9.17, 15) is 4.79 Å². The van der Waals surface area contributed by atoms with Crippen LogP contribution in [0.2, 0.25) is 5.02 Å². The van der Waals surface area contributed by atoms with Gasteiger partial charge in [-0.3, -0.25) is 15.6 Å². The summed E-state index contributed by atoms with van der Waals surface area (Å²) in [5.41, 5.74) is 12.9. The van der Waals surface area contributed by atoms with E-state index in [0.717, 1.165) is 16.5 Å². The number of benzene rings is 3. The molecule has 0 bridgehead atoms. The van der Waals surface area contributed by atoms with E-state index in [1.165, 1.54) is 6.33 Å². The van der Waals surface area contributed by atoms with Gasteiger partial charge in [0.1, 0.15) is 12.0 Å². The monoisotopic (exact) mass is 404 g/mol.